The number of aromatic nitrogens is 1. The van der Waals surface area contributed by atoms with Crippen LogP contribution in [-0.4, -0.2) is 10.1 Å². The molecule has 0 unspecified atom stereocenters. The third-order valence-corrected chi connectivity index (χ3v) is 5.35. The molecule has 0 radical (unpaired) electrons. The quantitative estimate of drug-likeness (QED) is 0.518. The molecule has 134 valence electrons. The molecule has 1 aromatic heterocycles. The van der Waals surface area contributed by atoms with Crippen LogP contribution in [0.5, 0.6) is 5.75 Å². The molecule has 27 heavy (non-hydrogen) atoms. The summed E-state index contributed by atoms with van der Waals surface area (Å²) in [6.45, 7) is 1.23. The Morgan fingerprint density at radius 1 is 0.852 bits per heavy atom. The van der Waals surface area contributed by atoms with Crippen molar-refractivity contribution < 1.29 is 9.84 Å². The van der Waals surface area contributed by atoms with Gasteiger partial charge in [-0.1, -0.05) is 36.4 Å². The first-order valence-electron chi connectivity index (χ1n) is 9.35. The number of fused-ring (bicyclic) bond motifs is 5. The number of phenolic OH excluding ortho intramolecular Hbond substituents is 1. The highest BCUT2D eigenvalue weighted by molar-refractivity contribution is 5.92. The van der Waals surface area contributed by atoms with Crippen molar-refractivity contribution >= 4 is 10.9 Å². The molecule has 0 saturated heterocycles. The summed E-state index contributed by atoms with van der Waals surface area (Å²) in [5.41, 5.74) is 8.51. The van der Waals surface area contributed by atoms with Gasteiger partial charge < -0.3 is 14.8 Å². The molecule has 5 rings (SSSR count). The highest BCUT2D eigenvalue weighted by Gasteiger charge is 2.21. The zero-order valence-electron chi connectivity index (χ0n) is 15.0. The van der Waals surface area contributed by atoms with E-state index in [0.717, 1.165) is 18.4 Å². The maximum absolute atomic E-state index is 9.75. The fourth-order valence-corrected chi connectivity index (χ4v) is 4.03. The molecule has 0 amide bonds. The van der Waals surface area contributed by atoms with Gasteiger partial charge in [-0.2, -0.15) is 0 Å². The molecule has 0 saturated carbocycles. The molecule has 2 N–H and O–H groups in total. The number of hydrogen-bond acceptors (Lipinski definition) is 2. The van der Waals surface area contributed by atoms with Gasteiger partial charge in [0.05, 0.1) is 13.2 Å². The van der Waals surface area contributed by atoms with Gasteiger partial charge >= 0.3 is 0 Å². The van der Waals surface area contributed by atoms with Crippen LogP contribution in [-0.2, 0) is 30.8 Å². The Hall–Kier alpha value is -3.04. The highest BCUT2D eigenvalue weighted by atomic mass is 16.5. The highest BCUT2D eigenvalue weighted by Crippen LogP contribution is 2.38. The van der Waals surface area contributed by atoms with E-state index in [0.29, 0.717) is 19.0 Å². The van der Waals surface area contributed by atoms with E-state index in [4.69, 9.17) is 4.74 Å². The molecule has 4 aromatic rings. The number of ether oxygens (including phenoxy) is 1. The number of benzene rings is 3. The summed E-state index contributed by atoms with van der Waals surface area (Å²) < 4.78 is 5.91. The molecule has 0 bridgehead atoms. The summed E-state index contributed by atoms with van der Waals surface area (Å²) in [7, 11) is 0. The van der Waals surface area contributed by atoms with Gasteiger partial charge in [0.1, 0.15) is 5.75 Å². The maximum atomic E-state index is 9.75. The molecular weight excluding hydrogens is 334 g/mol. The van der Waals surface area contributed by atoms with Crippen LogP contribution in [0.2, 0.25) is 0 Å². The van der Waals surface area contributed by atoms with Crippen LogP contribution in [0.1, 0.15) is 22.3 Å². The van der Waals surface area contributed by atoms with Crippen LogP contribution < -0.4 is 0 Å². The fraction of sp³-hybridized carbons (Fsp3) is 0.167. The lowest BCUT2D eigenvalue weighted by Crippen LogP contribution is -2.02. The Morgan fingerprint density at radius 3 is 2.59 bits per heavy atom. The Kier molecular flexibility index (Phi) is 3.95. The van der Waals surface area contributed by atoms with E-state index in [1.165, 1.54) is 38.9 Å². The first-order valence-corrected chi connectivity index (χ1v) is 9.35. The SMILES string of the molecule is Oc1ccc2c(c1)CCc1c-2[nH]c2ccc(COCc3ccccc3)cc12. The first-order chi connectivity index (χ1) is 13.3. The Labute approximate surface area is 158 Å². The van der Waals surface area contributed by atoms with E-state index in [1.54, 1.807) is 6.07 Å². The van der Waals surface area contributed by atoms with Crippen molar-refractivity contribution in [3.63, 3.8) is 0 Å². The van der Waals surface area contributed by atoms with Gasteiger partial charge in [-0.05, 0) is 65.4 Å². The molecule has 3 heteroatoms. The van der Waals surface area contributed by atoms with E-state index in [1.807, 2.05) is 30.3 Å². The number of aromatic amines is 1. The minimum atomic E-state index is 0.339. The Bertz CT molecular complexity index is 1110. The number of aryl methyl sites for hydroxylation is 2. The normalized spacial score (nSPS) is 12.7. The lowest BCUT2D eigenvalue weighted by molar-refractivity contribution is 0.107. The lowest BCUT2D eigenvalue weighted by atomic mass is 9.89. The van der Waals surface area contributed by atoms with Crippen molar-refractivity contribution in [2.45, 2.75) is 26.1 Å². The van der Waals surface area contributed by atoms with Crippen LogP contribution in [0, 0.1) is 0 Å². The van der Waals surface area contributed by atoms with E-state index < -0.39 is 0 Å². The van der Waals surface area contributed by atoms with Crippen LogP contribution in [0.15, 0.2) is 66.7 Å². The van der Waals surface area contributed by atoms with Crippen molar-refractivity contribution in [3.05, 3.63) is 89.0 Å². The minimum Gasteiger partial charge on any atom is -0.508 e. The second-order valence-electron chi connectivity index (χ2n) is 7.18. The average molecular weight is 355 g/mol. The molecule has 0 fully saturated rings. The first kappa shape index (κ1) is 16.2. The van der Waals surface area contributed by atoms with Crippen molar-refractivity contribution in [2.24, 2.45) is 0 Å². The molecular formula is C24H21NO2. The van der Waals surface area contributed by atoms with Crippen molar-refractivity contribution in [2.75, 3.05) is 0 Å². The van der Waals surface area contributed by atoms with Crippen molar-refractivity contribution in [1.29, 1.82) is 0 Å². The number of hydrogen-bond donors (Lipinski definition) is 2. The summed E-state index contributed by atoms with van der Waals surface area (Å²) >= 11 is 0. The number of phenols is 1. The van der Waals surface area contributed by atoms with Gasteiger partial charge in [0.25, 0.3) is 0 Å². The minimum absolute atomic E-state index is 0.339. The molecule has 0 spiro atoms. The monoisotopic (exact) mass is 355 g/mol. The van der Waals surface area contributed by atoms with Crippen molar-refractivity contribution in [3.8, 4) is 17.0 Å². The standard InChI is InChI=1S/C24H21NO2/c26-19-8-10-20-18(13-19)7-9-21-22-12-17(6-11-23(22)25-24(20)21)15-27-14-16-4-2-1-3-5-16/h1-6,8,10-13,25-26H,7,9,14-15H2. The molecule has 1 heterocycles. The molecule has 3 aromatic carbocycles. The van der Waals surface area contributed by atoms with Crippen LogP contribution in [0.25, 0.3) is 22.2 Å². The predicted molar refractivity (Wildman–Crippen MR) is 108 cm³/mol. The molecule has 1 aliphatic rings. The maximum Gasteiger partial charge on any atom is 0.115 e. The van der Waals surface area contributed by atoms with Crippen molar-refractivity contribution in [1.82, 2.24) is 4.98 Å². The summed E-state index contributed by atoms with van der Waals surface area (Å²) in [6, 6.07) is 22.5. The second-order valence-corrected chi connectivity index (χ2v) is 7.18. The van der Waals surface area contributed by atoms with Gasteiger partial charge in [-0.3, -0.25) is 0 Å². The third-order valence-electron chi connectivity index (χ3n) is 5.35. The summed E-state index contributed by atoms with van der Waals surface area (Å²) in [5, 5.41) is 11.0. The second kappa shape index (κ2) is 6.60. The summed E-state index contributed by atoms with van der Waals surface area (Å²) in [5.74, 6) is 0.339. The number of aromatic hydroxyl groups is 1. The molecule has 0 atom stereocenters. The Balaban J connectivity index is 1.42. The molecule has 0 aliphatic heterocycles. The summed E-state index contributed by atoms with van der Waals surface area (Å²) in [6.07, 6.45) is 1.94. The number of H-pyrrole nitrogens is 1. The zero-order valence-corrected chi connectivity index (χ0v) is 15.0. The van der Waals surface area contributed by atoms with Gasteiger partial charge in [0, 0.05) is 22.2 Å². The molecule has 1 aliphatic carbocycles. The summed E-state index contributed by atoms with van der Waals surface area (Å²) in [4.78, 5) is 3.58. The van der Waals surface area contributed by atoms with Crippen LogP contribution >= 0.6 is 0 Å². The Morgan fingerprint density at radius 2 is 1.70 bits per heavy atom. The van der Waals surface area contributed by atoms with E-state index in [9.17, 15) is 5.11 Å². The van der Waals surface area contributed by atoms with E-state index >= 15 is 0 Å². The largest absolute Gasteiger partial charge is 0.508 e. The fourth-order valence-electron chi connectivity index (χ4n) is 4.03. The van der Waals surface area contributed by atoms with E-state index in [2.05, 4.69) is 35.3 Å². The van der Waals surface area contributed by atoms with Gasteiger partial charge in [-0.25, -0.2) is 0 Å². The number of rotatable bonds is 4. The van der Waals surface area contributed by atoms with Gasteiger partial charge in [0.2, 0.25) is 0 Å². The van der Waals surface area contributed by atoms with Gasteiger partial charge in [0.15, 0.2) is 0 Å². The topological polar surface area (TPSA) is 45.2 Å². The smallest absolute Gasteiger partial charge is 0.115 e. The van der Waals surface area contributed by atoms with E-state index in [-0.39, 0.29) is 0 Å². The van der Waals surface area contributed by atoms with Gasteiger partial charge in [-0.15, -0.1) is 0 Å². The third kappa shape index (κ3) is 3.00. The average Bonchev–Trinajstić information content (AvgIpc) is 3.07. The van der Waals surface area contributed by atoms with Crippen LogP contribution in [0.4, 0.5) is 0 Å². The zero-order chi connectivity index (χ0) is 18.2. The number of nitrogens with one attached hydrogen (secondary N) is 1. The molecule has 3 nitrogen and oxygen atoms in total. The lowest BCUT2D eigenvalue weighted by Gasteiger charge is -2.16. The predicted octanol–water partition coefficient (Wildman–Crippen LogP) is 5.36. The van der Waals surface area contributed by atoms with Crippen LogP contribution in [0.3, 0.4) is 0 Å².